The third-order valence-electron chi connectivity index (χ3n) is 9.73. The van der Waals surface area contributed by atoms with Crippen molar-refractivity contribution in [1.29, 1.82) is 0 Å². The van der Waals surface area contributed by atoms with E-state index in [0.717, 1.165) is 16.7 Å². The molecule has 16 heteroatoms. The van der Waals surface area contributed by atoms with E-state index in [4.69, 9.17) is 14.2 Å². The molecule has 0 radical (unpaired) electrons. The molecule has 1 heterocycles. The van der Waals surface area contributed by atoms with E-state index in [1.54, 1.807) is 20.8 Å². The molecule has 1 aliphatic heterocycles. The summed E-state index contributed by atoms with van der Waals surface area (Å²) < 4.78 is 59.7. The van der Waals surface area contributed by atoms with Crippen LogP contribution in [0.3, 0.4) is 0 Å². The molecular formula is C38H56N4O9P3+3. The Morgan fingerprint density at radius 1 is 0.500 bits per heavy atom. The first kappa shape index (κ1) is 44.3. The van der Waals surface area contributed by atoms with Gasteiger partial charge in [0.2, 0.25) is 0 Å². The van der Waals surface area contributed by atoms with Gasteiger partial charge in [-0.05, 0) is 51.2 Å². The number of nitrogens with zero attached hydrogens (tertiary/aromatic N) is 3. The summed E-state index contributed by atoms with van der Waals surface area (Å²) in [4.78, 5) is 38.9. The van der Waals surface area contributed by atoms with Gasteiger partial charge in [-0.1, -0.05) is 91.0 Å². The van der Waals surface area contributed by atoms with Crippen LogP contribution in [0.15, 0.2) is 91.0 Å². The van der Waals surface area contributed by atoms with E-state index >= 15 is 0 Å². The molecule has 0 spiro atoms. The highest BCUT2D eigenvalue weighted by Crippen LogP contribution is 2.46. The van der Waals surface area contributed by atoms with Crippen molar-refractivity contribution in [2.24, 2.45) is 0 Å². The van der Waals surface area contributed by atoms with Crippen LogP contribution >= 0.6 is 24.1 Å². The minimum absolute atomic E-state index is 0.0682. The number of hydrogen-bond donors (Lipinski definition) is 4. The van der Waals surface area contributed by atoms with Crippen LogP contribution in [0.1, 0.15) is 37.5 Å². The van der Waals surface area contributed by atoms with Crippen LogP contribution in [0, 0.1) is 0 Å². The van der Waals surface area contributed by atoms with E-state index in [0.29, 0.717) is 26.2 Å². The maximum Gasteiger partial charge on any atom is 0.559 e. The van der Waals surface area contributed by atoms with Crippen LogP contribution in [0.5, 0.6) is 0 Å². The number of benzene rings is 3. The second-order valence-corrected chi connectivity index (χ2v) is 16.8. The molecule has 4 rings (SSSR count). The number of nitrogens with one attached hydrogen (secondary N) is 1. The fraction of sp³-hybridized carbons (Fsp3) is 0.526. The van der Waals surface area contributed by atoms with Crippen molar-refractivity contribution in [3.63, 3.8) is 0 Å². The first-order valence-corrected chi connectivity index (χ1v) is 22.2. The quantitative estimate of drug-likeness (QED) is 0.120. The summed E-state index contributed by atoms with van der Waals surface area (Å²) in [7, 11) is -8.87. The van der Waals surface area contributed by atoms with Gasteiger partial charge in [-0.25, -0.2) is 14.7 Å². The maximum atomic E-state index is 13.8. The van der Waals surface area contributed by atoms with Gasteiger partial charge in [0.15, 0.2) is 0 Å². The van der Waals surface area contributed by atoms with Crippen molar-refractivity contribution >= 4 is 24.1 Å². The van der Waals surface area contributed by atoms with Gasteiger partial charge in [0.1, 0.15) is 0 Å². The SMILES string of the molecule is CCOC(Cc1ccccc1)(N1CCNCCN(C(Cc2ccccc2)(OCC)[P+](=O)O)CCN(C(Cc2ccccc2)(OCC)[P+](=O)O)CC1)[P+](=O)O. The highest BCUT2D eigenvalue weighted by atomic mass is 31.1. The lowest BCUT2D eigenvalue weighted by Crippen LogP contribution is -2.60. The molecule has 3 aromatic carbocycles. The normalized spacial score (nSPS) is 20.0. The third-order valence-corrected chi connectivity index (χ3v) is 13.2. The highest BCUT2D eigenvalue weighted by Gasteiger charge is 2.60. The molecule has 13 nitrogen and oxygen atoms in total. The fourth-order valence-corrected chi connectivity index (χ4v) is 10.2. The molecule has 0 amide bonds. The smallest absolute Gasteiger partial charge is 0.318 e. The van der Waals surface area contributed by atoms with Gasteiger partial charge in [-0.3, -0.25) is 0 Å². The molecule has 54 heavy (non-hydrogen) atoms. The zero-order valence-corrected chi connectivity index (χ0v) is 34.2. The molecule has 1 saturated heterocycles. The molecule has 1 fully saturated rings. The Morgan fingerprint density at radius 3 is 1.00 bits per heavy atom. The average molecular weight is 806 g/mol. The van der Waals surface area contributed by atoms with Crippen molar-refractivity contribution < 1.29 is 42.6 Å². The molecule has 6 atom stereocenters. The van der Waals surface area contributed by atoms with Crippen LogP contribution in [0.4, 0.5) is 0 Å². The molecular weight excluding hydrogens is 749 g/mol. The van der Waals surface area contributed by atoms with Crippen LogP contribution in [0.25, 0.3) is 0 Å². The largest absolute Gasteiger partial charge is 0.559 e. The molecule has 294 valence electrons. The first-order chi connectivity index (χ1) is 26.1. The molecule has 3 aromatic rings. The Hall–Kier alpha value is -2.44. The minimum atomic E-state index is -3.02. The van der Waals surface area contributed by atoms with E-state index in [1.807, 2.05) is 106 Å². The third kappa shape index (κ3) is 11.1. The molecule has 4 N–H and O–H groups in total. The van der Waals surface area contributed by atoms with E-state index in [2.05, 4.69) is 5.32 Å². The summed E-state index contributed by atoms with van der Waals surface area (Å²) in [6.07, 6.45) is 0.338. The topological polar surface area (TPSA) is 161 Å². The van der Waals surface area contributed by atoms with Gasteiger partial charge in [0, 0.05) is 52.4 Å². The second-order valence-electron chi connectivity index (χ2n) is 13.0. The fourth-order valence-electron chi connectivity index (χ4n) is 7.19. The monoisotopic (exact) mass is 805 g/mol. The molecule has 1 aliphatic rings. The van der Waals surface area contributed by atoms with Gasteiger partial charge in [-0.2, -0.15) is 14.7 Å². The summed E-state index contributed by atoms with van der Waals surface area (Å²) in [6, 6.07) is 28.2. The molecule has 0 aliphatic carbocycles. The van der Waals surface area contributed by atoms with Crippen LogP contribution in [-0.4, -0.2) is 118 Å². The maximum absolute atomic E-state index is 13.8. The molecule has 6 unspecified atom stereocenters. The highest BCUT2D eigenvalue weighted by molar-refractivity contribution is 7.40. The van der Waals surface area contributed by atoms with Crippen LogP contribution in [-0.2, 0) is 47.2 Å². The molecule has 0 aromatic heterocycles. The number of rotatable bonds is 18. The van der Waals surface area contributed by atoms with E-state index in [9.17, 15) is 28.4 Å². The number of ether oxygens (including phenoxy) is 3. The lowest BCUT2D eigenvalue weighted by atomic mass is 10.1. The van der Waals surface area contributed by atoms with Gasteiger partial charge in [0.25, 0.3) is 0 Å². The summed E-state index contributed by atoms with van der Waals surface area (Å²) in [5.74, 6) is 0. The summed E-state index contributed by atoms with van der Waals surface area (Å²) in [5.41, 5.74) is -2.48. The van der Waals surface area contributed by atoms with Crippen molar-refractivity contribution in [3.05, 3.63) is 108 Å². The Kier molecular flexibility index (Phi) is 17.8. The molecule has 0 bridgehead atoms. The van der Waals surface area contributed by atoms with Crippen molar-refractivity contribution in [2.75, 3.05) is 72.2 Å². The van der Waals surface area contributed by atoms with Crippen LogP contribution < -0.4 is 5.32 Å². The molecule has 0 saturated carbocycles. The van der Waals surface area contributed by atoms with Gasteiger partial charge < -0.3 is 19.5 Å². The minimum Gasteiger partial charge on any atom is -0.318 e. The standard InChI is InChI=1S/C38H53N4O9P3/c1-4-49-36(52(43)44,30-33-16-10-7-11-17-33)40-24-22-39-23-25-41(37(50-5-2,53(45)46)31-34-18-12-8-13-19-34)27-29-42(28-26-40)38(51-6-3,54(47)48)32-35-20-14-9-15-21-35/h7-21,39H,4-6,22-32H2,1-3H3/p+3. The Bertz CT molecular complexity index is 1530. The van der Waals surface area contributed by atoms with Crippen molar-refractivity contribution in [3.8, 4) is 0 Å². The average Bonchev–Trinajstić information content (AvgIpc) is 3.15. The summed E-state index contributed by atoms with van der Waals surface area (Å²) in [6.45, 7) is 7.78. The van der Waals surface area contributed by atoms with Gasteiger partial charge in [0.05, 0.1) is 39.1 Å². The second kappa shape index (κ2) is 21.8. The van der Waals surface area contributed by atoms with Gasteiger partial charge in [-0.15, -0.1) is 0 Å². The Labute approximate surface area is 322 Å². The van der Waals surface area contributed by atoms with E-state index in [1.165, 1.54) is 0 Å². The van der Waals surface area contributed by atoms with E-state index < -0.39 is 40.5 Å². The lowest BCUT2D eigenvalue weighted by molar-refractivity contribution is -0.131. The first-order valence-electron chi connectivity index (χ1n) is 18.5. The predicted molar refractivity (Wildman–Crippen MR) is 211 cm³/mol. The summed E-state index contributed by atoms with van der Waals surface area (Å²) >= 11 is 0. The Morgan fingerprint density at radius 2 is 0.759 bits per heavy atom. The van der Waals surface area contributed by atoms with Gasteiger partial charge >= 0.3 is 40.5 Å². The lowest BCUT2D eigenvalue weighted by Gasteiger charge is -2.40. The van der Waals surface area contributed by atoms with Crippen molar-refractivity contribution in [2.45, 2.75) is 56.4 Å². The number of hydrogen-bond acceptors (Lipinski definition) is 10. The van der Waals surface area contributed by atoms with Crippen molar-refractivity contribution in [1.82, 2.24) is 20.0 Å². The zero-order chi connectivity index (χ0) is 39.0. The summed E-state index contributed by atoms with van der Waals surface area (Å²) in [5, 5.41) is 3.44. The van der Waals surface area contributed by atoms with Crippen LogP contribution in [0.2, 0.25) is 0 Å². The predicted octanol–water partition coefficient (Wildman–Crippen LogP) is 5.50. The zero-order valence-electron chi connectivity index (χ0n) is 31.5. The Balaban J connectivity index is 1.83. The van der Waals surface area contributed by atoms with E-state index in [-0.39, 0.29) is 65.3 Å².